The Morgan fingerprint density at radius 2 is 2.21 bits per heavy atom. The molecule has 0 atom stereocenters. The third-order valence-corrected chi connectivity index (χ3v) is 2.09. The maximum atomic E-state index is 10.4. The van der Waals surface area contributed by atoms with E-state index in [2.05, 4.69) is 21.1 Å². The number of aromatic hydroxyl groups is 1. The molecule has 74 valence electrons. The summed E-state index contributed by atoms with van der Waals surface area (Å²) in [7, 11) is 0. The monoisotopic (exact) mass is 260 g/mol. The molecular formula is C7H5BrN2O4. The molecule has 1 rings (SSSR count). The maximum absolute atomic E-state index is 10.4. The number of hydrogen-bond donors (Lipinski definition) is 2. The fourth-order valence-corrected chi connectivity index (χ4v) is 1.33. The minimum atomic E-state index is -0.612. The molecule has 0 aliphatic rings. The second-order valence-corrected chi connectivity index (χ2v) is 3.22. The van der Waals surface area contributed by atoms with E-state index in [4.69, 9.17) is 5.21 Å². The van der Waals surface area contributed by atoms with Gasteiger partial charge < -0.3 is 10.3 Å². The topological polar surface area (TPSA) is 96.0 Å². The number of benzene rings is 1. The number of halogens is 1. The molecule has 0 aliphatic carbocycles. The van der Waals surface area contributed by atoms with Crippen molar-refractivity contribution in [3.8, 4) is 5.75 Å². The fraction of sp³-hybridized carbons (Fsp3) is 0. The first-order valence-corrected chi connectivity index (χ1v) is 4.20. The first-order valence-electron chi connectivity index (χ1n) is 3.40. The van der Waals surface area contributed by atoms with Crippen molar-refractivity contribution < 1.29 is 15.2 Å². The zero-order valence-electron chi connectivity index (χ0n) is 6.72. The summed E-state index contributed by atoms with van der Waals surface area (Å²) < 4.78 is 0.168. The zero-order valence-corrected chi connectivity index (χ0v) is 8.30. The van der Waals surface area contributed by atoms with Crippen molar-refractivity contribution in [2.45, 2.75) is 0 Å². The van der Waals surface area contributed by atoms with E-state index in [9.17, 15) is 15.2 Å². The lowest BCUT2D eigenvalue weighted by Gasteiger charge is -2.00. The number of non-ortho nitro benzene ring substituents is 1. The van der Waals surface area contributed by atoms with Crippen LogP contribution in [0.25, 0.3) is 0 Å². The average molecular weight is 261 g/mol. The van der Waals surface area contributed by atoms with E-state index in [1.807, 2.05) is 0 Å². The number of nitro benzene ring substituents is 1. The van der Waals surface area contributed by atoms with Gasteiger partial charge in [-0.2, -0.15) is 0 Å². The minimum Gasteiger partial charge on any atom is -0.506 e. The normalized spacial score (nSPS) is 10.6. The fourth-order valence-electron chi connectivity index (χ4n) is 0.871. The molecule has 7 heteroatoms. The van der Waals surface area contributed by atoms with Gasteiger partial charge in [-0.3, -0.25) is 10.1 Å². The molecule has 0 aromatic heterocycles. The molecule has 0 saturated carbocycles. The second kappa shape index (κ2) is 4.05. The molecule has 0 bridgehead atoms. The van der Waals surface area contributed by atoms with Crippen LogP contribution in [0.2, 0.25) is 0 Å². The van der Waals surface area contributed by atoms with Gasteiger partial charge in [-0.05, 0) is 15.9 Å². The lowest BCUT2D eigenvalue weighted by atomic mass is 10.2. The molecule has 0 amide bonds. The van der Waals surface area contributed by atoms with Gasteiger partial charge in [-0.1, -0.05) is 5.16 Å². The quantitative estimate of drug-likeness (QED) is 0.367. The number of oxime groups is 1. The molecule has 0 heterocycles. The van der Waals surface area contributed by atoms with Crippen molar-refractivity contribution in [1.29, 1.82) is 0 Å². The van der Waals surface area contributed by atoms with Gasteiger partial charge in [-0.25, -0.2) is 0 Å². The van der Waals surface area contributed by atoms with Crippen molar-refractivity contribution in [1.82, 2.24) is 0 Å². The number of phenols is 1. The predicted octanol–water partition coefficient (Wildman–Crippen LogP) is 1.87. The van der Waals surface area contributed by atoms with Gasteiger partial charge >= 0.3 is 0 Å². The van der Waals surface area contributed by atoms with E-state index in [1.165, 1.54) is 0 Å². The third kappa shape index (κ3) is 1.99. The molecule has 6 nitrogen and oxygen atoms in total. The van der Waals surface area contributed by atoms with E-state index in [-0.39, 0.29) is 21.5 Å². The van der Waals surface area contributed by atoms with Crippen molar-refractivity contribution in [3.63, 3.8) is 0 Å². The molecule has 1 aromatic rings. The van der Waals surface area contributed by atoms with E-state index in [0.717, 1.165) is 18.3 Å². The SMILES string of the molecule is O=[N+]([O-])c1cc(Br)c(O)c(/C=N\O)c1. The second-order valence-electron chi connectivity index (χ2n) is 2.37. The summed E-state index contributed by atoms with van der Waals surface area (Å²) in [4.78, 5) is 9.80. The molecule has 0 spiro atoms. The summed E-state index contributed by atoms with van der Waals surface area (Å²) in [5.41, 5.74) is -0.141. The van der Waals surface area contributed by atoms with E-state index in [1.54, 1.807) is 0 Å². The number of hydrogen-bond acceptors (Lipinski definition) is 5. The minimum absolute atomic E-state index is 0.0635. The van der Waals surface area contributed by atoms with Crippen molar-refractivity contribution >= 4 is 27.8 Å². The van der Waals surface area contributed by atoms with Crippen LogP contribution in [-0.4, -0.2) is 21.5 Å². The van der Waals surface area contributed by atoms with Gasteiger partial charge in [0, 0.05) is 17.7 Å². The average Bonchev–Trinajstić information content (AvgIpc) is 2.12. The molecule has 14 heavy (non-hydrogen) atoms. The highest BCUT2D eigenvalue weighted by Crippen LogP contribution is 2.31. The number of rotatable bonds is 2. The van der Waals surface area contributed by atoms with Crippen LogP contribution >= 0.6 is 15.9 Å². The number of nitrogens with zero attached hydrogens (tertiary/aromatic N) is 2. The first-order chi connectivity index (χ1) is 6.56. The molecule has 0 fully saturated rings. The van der Waals surface area contributed by atoms with Gasteiger partial charge in [0.05, 0.1) is 15.6 Å². The van der Waals surface area contributed by atoms with Gasteiger partial charge in [0.25, 0.3) is 5.69 Å². The van der Waals surface area contributed by atoms with Crippen LogP contribution in [0.15, 0.2) is 21.8 Å². The Morgan fingerprint density at radius 1 is 1.57 bits per heavy atom. The Morgan fingerprint density at radius 3 is 2.71 bits per heavy atom. The summed E-state index contributed by atoms with van der Waals surface area (Å²) >= 11 is 2.94. The van der Waals surface area contributed by atoms with E-state index in [0.29, 0.717) is 0 Å². The summed E-state index contributed by atoms with van der Waals surface area (Å²) in [5.74, 6) is -0.214. The highest BCUT2D eigenvalue weighted by atomic mass is 79.9. The van der Waals surface area contributed by atoms with Crippen molar-refractivity contribution in [3.05, 3.63) is 32.3 Å². The van der Waals surface area contributed by atoms with Crippen LogP contribution in [0.5, 0.6) is 5.75 Å². The number of phenolic OH excluding ortho intramolecular Hbond substituents is 1. The summed E-state index contributed by atoms with van der Waals surface area (Å²) in [6.07, 6.45) is 0.910. The Hall–Kier alpha value is -1.63. The van der Waals surface area contributed by atoms with Gasteiger partial charge in [0.1, 0.15) is 5.75 Å². The van der Waals surface area contributed by atoms with Crippen LogP contribution in [0, 0.1) is 10.1 Å². The van der Waals surface area contributed by atoms with E-state index >= 15 is 0 Å². The first kappa shape index (κ1) is 10.5. The zero-order chi connectivity index (χ0) is 10.7. The molecule has 0 aliphatic heterocycles. The molecule has 0 saturated heterocycles. The Bertz CT molecular complexity index is 405. The summed E-state index contributed by atoms with van der Waals surface area (Å²) in [6, 6.07) is 2.25. The van der Waals surface area contributed by atoms with Crippen LogP contribution in [0.3, 0.4) is 0 Å². The molecule has 0 unspecified atom stereocenters. The largest absolute Gasteiger partial charge is 0.506 e. The van der Waals surface area contributed by atoms with Gasteiger partial charge in [0.15, 0.2) is 0 Å². The van der Waals surface area contributed by atoms with Crippen LogP contribution in [0.1, 0.15) is 5.56 Å². The van der Waals surface area contributed by atoms with E-state index < -0.39 is 4.92 Å². The van der Waals surface area contributed by atoms with Crippen LogP contribution in [-0.2, 0) is 0 Å². The Labute approximate surface area is 86.8 Å². The molecule has 2 N–H and O–H groups in total. The smallest absolute Gasteiger partial charge is 0.271 e. The summed E-state index contributed by atoms with van der Waals surface area (Å²) in [6.45, 7) is 0. The van der Waals surface area contributed by atoms with Gasteiger partial charge in [-0.15, -0.1) is 0 Å². The van der Waals surface area contributed by atoms with Crippen molar-refractivity contribution in [2.75, 3.05) is 0 Å². The maximum Gasteiger partial charge on any atom is 0.271 e. The lowest BCUT2D eigenvalue weighted by molar-refractivity contribution is -0.385. The molecule has 0 radical (unpaired) electrons. The molecule has 1 aromatic carbocycles. The third-order valence-electron chi connectivity index (χ3n) is 1.49. The van der Waals surface area contributed by atoms with Crippen LogP contribution in [0.4, 0.5) is 5.69 Å². The highest BCUT2D eigenvalue weighted by molar-refractivity contribution is 9.10. The lowest BCUT2D eigenvalue weighted by Crippen LogP contribution is -1.91. The van der Waals surface area contributed by atoms with Crippen LogP contribution < -0.4 is 0 Å². The Balaban J connectivity index is 3.35. The Kier molecular flexibility index (Phi) is 3.03. The molecular weight excluding hydrogens is 256 g/mol. The van der Waals surface area contributed by atoms with Gasteiger partial charge in [0.2, 0.25) is 0 Å². The summed E-state index contributed by atoms with van der Waals surface area (Å²) in [5, 5.41) is 30.7. The standard InChI is InChI=1S/C7H5BrN2O4/c8-6-2-5(10(13)14)1-4(3-9-12)7(6)11/h1-3,11-12H/b9-3-. The predicted molar refractivity (Wildman–Crippen MR) is 51.8 cm³/mol. The number of nitro groups is 1. The van der Waals surface area contributed by atoms with Crippen molar-refractivity contribution in [2.24, 2.45) is 5.16 Å². The highest BCUT2D eigenvalue weighted by Gasteiger charge is 2.13.